The Morgan fingerprint density at radius 3 is 2.73 bits per heavy atom. The number of fused-ring (bicyclic) bond motifs is 1. The van der Waals surface area contributed by atoms with E-state index in [2.05, 4.69) is 41.9 Å². The molecule has 0 saturated heterocycles. The third-order valence-electron chi connectivity index (χ3n) is 4.34. The van der Waals surface area contributed by atoms with Crippen molar-refractivity contribution in [3.63, 3.8) is 0 Å². The van der Waals surface area contributed by atoms with Crippen LogP contribution in [0.15, 0.2) is 53.0 Å². The molecule has 2 N–H and O–H groups in total. The summed E-state index contributed by atoms with van der Waals surface area (Å²) in [5, 5.41) is 19.8. The molecule has 152 valence electrons. The van der Waals surface area contributed by atoms with Crippen LogP contribution in [0.4, 0.5) is 0 Å². The molecular formula is C20H17BrN6OS2. The Morgan fingerprint density at radius 2 is 2.00 bits per heavy atom. The van der Waals surface area contributed by atoms with Crippen LogP contribution in [-0.2, 0) is 13.0 Å². The Bertz CT molecular complexity index is 1220. The van der Waals surface area contributed by atoms with Gasteiger partial charge in [0.15, 0.2) is 10.9 Å². The van der Waals surface area contributed by atoms with Gasteiger partial charge in [0.05, 0.1) is 0 Å². The Hall–Kier alpha value is -2.69. The third-order valence-corrected chi connectivity index (χ3v) is 6.03. The van der Waals surface area contributed by atoms with Crippen molar-refractivity contribution in [2.45, 2.75) is 19.9 Å². The van der Waals surface area contributed by atoms with Crippen LogP contribution in [0.1, 0.15) is 28.7 Å². The maximum atomic E-state index is 12.2. The fraction of sp³-hybridized carbons (Fsp3) is 0.150. The largest absolute Gasteiger partial charge is 0.358 e. The van der Waals surface area contributed by atoms with E-state index in [0.29, 0.717) is 12.1 Å². The molecule has 0 spiro atoms. The molecule has 2 heterocycles. The quantitative estimate of drug-likeness (QED) is 0.403. The summed E-state index contributed by atoms with van der Waals surface area (Å²) in [6, 6.07) is 15.2. The van der Waals surface area contributed by atoms with Crippen LogP contribution in [0.5, 0.6) is 0 Å². The van der Waals surface area contributed by atoms with Gasteiger partial charge in [0.1, 0.15) is 5.01 Å². The van der Waals surface area contributed by atoms with Crippen LogP contribution in [0, 0.1) is 0 Å². The van der Waals surface area contributed by atoms with Gasteiger partial charge in [-0.25, -0.2) is 0 Å². The first-order valence-electron chi connectivity index (χ1n) is 9.18. The smallest absolute Gasteiger partial charge is 0.257 e. The molecule has 0 bridgehead atoms. The van der Waals surface area contributed by atoms with Gasteiger partial charge in [-0.2, -0.15) is 9.61 Å². The fourth-order valence-corrected chi connectivity index (χ4v) is 4.22. The molecule has 0 saturated carbocycles. The lowest BCUT2D eigenvalue weighted by atomic mass is 10.1. The highest BCUT2D eigenvalue weighted by molar-refractivity contribution is 9.10. The Labute approximate surface area is 190 Å². The van der Waals surface area contributed by atoms with Crippen LogP contribution in [-0.4, -0.2) is 30.8 Å². The number of aromatic nitrogens is 4. The average molecular weight is 501 g/mol. The minimum Gasteiger partial charge on any atom is -0.358 e. The van der Waals surface area contributed by atoms with Gasteiger partial charge in [0.25, 0.3) is 5.91 Å². The predicted molar refractivity (Wildman–Crippen MR) is 125 cm³/mol. The van der Waals surface area contributed by atoms with E-state index in [0.717, 1.165) is 37.8 Å². The molecule has 0 aliphatic rings. The summed E-state index contributed by atoms with van der Waals surface area (Å²) >= 11 is 10.1. The zero-order valence-corrected chi connectivity index (χ0v) is 19.1. The predicted octanol–water partition coefficient (Wildman–Crippen LogP) is 3.98. The molecule has 10 heteroatoms. The number of benzene rings is 2. The van der Waals surface area contributed by atoms with E-state index in [9.17, 15) is 4.79 Å². The van der Waals surface area contributed by atoms with Crippen LogP contribution >= 0.6 is 39.5 Å². The number of amides is 1. The second kappa shape index (κ2) is 8.99. The van der Waals surface area contributed by atoms with Gasteiger partial charge >= 0.3 is 0 Å². The zero-order chi connectivity index (χ0) is 21.1. The van der Waals surface area contributed by atoms with Gasteiger partial charge in [-0.05, 0) is 36.0 Å². The number of rotatable bonds is 5. The standard InChI is InChI=1S/C20H17BrN6OS2/c1-2-16-24-25-20-27(16)26-18(30-20)13-8-6-12(7-9-13)11-22-19(29)23-17(28)14-4-3-5-15(21)10-14/h3-10H,2,11H2,1H3,(H2,22,23,28,29). The highest BCUT2D eigenvalue weighted by Crippen LogP contribution is 2.25. The van der Waals surface area contributed by atoms with Gasteiger partial charge in [0, 0.05) is 28.6 Å². The molecule has 2 aromatic heterocycles. The van der Waals surface area contributed by atoms with Crippen molar-refractivity contribution in [3.05, 3.63) is 70.0 Å². The zero-order valence-electron chi connectivity index (χ0n) is 15.9. The highest BCUT2D eigenvalue weighted by Gasteiger charge is 2.12. The van der Waals surface area contributed by atoms with Crippen molar-refractivity contribution in [1.29, 1.82) is 0 Å². The van der Waals surface area contributed by atoms with Crippen molar-refractivity contribution in [3.8, 4) is 10.6 Å². The maximum Gasteiger partial charge on any atom is 0.257 e. The number of nitrogens with one attached hydrogen (secondary N) is 2. The third kappa shape index (κ3) is 4.55. The molecule has 4 rings (SSSR count). The van der Waals surface area contributed by atoms with Crippen molar-refractivity contribution >= 4 is 55.5 Å². The molecule has 1 amide bonds. The first-order chi connectivity index (χ1) is 14.5. The van der Waals surface area contributed by atoms with Gasteiger partial charge in [-0.1, -0.05) is 64.5 Å². The van der Waals surface area contributed by atoms with Crippen molar-refractivity contribution in [2.75, 3.05) is 0 Å². The molecule has 0 atom stereocenters. The summed E-state index contributed by atoms with van der Waals surface area (Å²) in [5.74, 6) is 0.602. The monoisotopic (exact) mass is 500 g/mol. The molecular weight excluding hydrogens is 484 g/mol. The molecule has 0 aliphatic carbocycles. The molecule has 4 aromatic rings. The summed E-state index contributed by atoms with van der Waals surface area (Å²) < 4.78 is 2.63. The number of hydrogen-bond acceptors (Lipinski definition) is 6. The van der Waals surface area contributed by atoms with E-state index in [1.54, 1.807) is 22.7 Å². The normalized spacial score (nSPS) is 10.9. The Balaban J connectivity index is 1.35. The molecule has 0 fully saturated rings. The fourth-order valence-electron chi connectivity index (χ4n) is 2.79. The summed E-state index contributed by atoms with van der Waals surface area (Å²) in [6.07, 6.45) is 0.785. The molecule has 0 radical (unpaired) electrons. The van der Waals surface area contributed by atoms with Gasteiger partial charge < -0.3 is 5.32 Å². The van der Waals surface area contributed by atoms with Crippen molar-refractivity contribution < 1.29 is 4.79 Å². The summed E-state index contributed by atoms with van der Waals surface area (Å²) in [6.45, 7) is 2.53. The Morgan fingerprint density at radius 1 is 1.20 bits per heavy atom. The first-order valence-corrected chi connectivity index (χ1v) is 11.2. The van der Waals surface area contributed by atoms with E-state index >= 15 is 0 Å². The average Bonchev–Trinajstić information content (AvgIpc) is 3.33. The lowest BCUT2D eigenvalue weighted by Crippen LogP contribution is -2.38. The number of halogens is 1. The first kappa shape index (κ1) is 20.6. The lowest BCUT2D eigenvalue weighted by Gasteiger charge is -2.10. The summed E-state index contributed by atoms with van der Waals surface area (Å²) in [7, 11) is 0. The Kier molecular flexibility index (Phi) is 6.16. The van der Waals surface area contributed by atoms with Crippen LogP contribution in [0.25, 0.3) is 15.5 Å². The molecule has 0 aliphatic heterocycles. The second-order valence-corrected chi connectivity index (χ2v) is 8.70. The number of carbonyl (C=O) groups is 1. The number of carbonyl (C=O) groups excluding carboxylic acids is 1. The van der Waals surface area contributed by atoms with E-state index in [1.807, 2.05) is 37.3 Å². The SMILES string of the molecule is CCc1nnc2sc(-c3ccc(CNC(=S)NC(=O)c4cccc(Br)c4)cc3)nn12. The number of thiocarbonyl (C=S) groups is 1. The van der Waals surface area contributed by atoms with Crippen molar-refractivity contribution in [2.24, 2.45) is 0 Å². The van der Waals surface area contributed by atoms with Crippen molar-refractivity contribution in [1.82, 2.24) is 30.4 Å². The van der Waals surface area contributed by atoms with Crippen LogP contribution < -0.4 is 10.6 Å². The summed E-state index contributed by atoms with van der Waals surface area (Å²) in [4.78, 5) is 13.0. The maximum absolute atomic E-state index is 12.2. The highest BCUT2D eigenvalue weighted by atomic mass is 79.9. The van der Waals surface area contributed by atoms with Crippen LogP contribution in [0.3, 0.4) is 0 Å². The van der Waals surface area contributed by atoms with E-state index in [-0.39, 0.29) is 11.0 Å². The topological polar surface area (TPSA) is 84.2 Å². The van der Waals surface area contributed by atoms with E-state index < -0.39 is 0 Å². The molecule has 30 heavy (non-hydrogen) atoms. The second-order valence-electron chi connectivity index (χ2n) is 6.42. The molecule has 0 unspecified atom stereocenters. The van der Waals surface area contributed by atoms with Gasteiger partial charge in [-0.15, -0.1) is 10.2 Å². The molecule has 2 aromatic carbocycles. The minimum atomic E-state index is -0.251. The number of hydrogen-bond donors (Lipinski definition) is 2. The molecule has 7 nitrogen and oxygen atoms in total. The van der Waals surface area contributed by atoms with Crippen LogP contribution in [0.2, 0.25) is 0 Å². The van der Waals surface area contributed by atoms with E-state index in [1.165, 1.54) is 11.3 Å². The van der Waals surface area contributed by atoms with Gasteiger partial charge in [0.2, 0.25) is 4.96 Å². The number of nitrogens with zero attached hydrogens (tertiary/aromatic N) is 4. The number of aryl methyl sites for hydroxylation is 1. The van der Waals surface area contributed by atoms with Gasteiger partial charge in [-0.3, -0.25) is 10.1 Å². The summed E-state index contributed by atoms with van der Waals surface area (Å²) in [5.41, 5.74) is 2.59. The lowest BCUT2D eigenvalue weighted by molar-refractivity contribution is 0.0976. The van der Waals surface area contributed by atoms with E-state index in [4.69, 9.17) is 12.2 Å². The minimum absolute atomic E-state index is 0.251.